The molecule has 0 unspecified atom stereocenters. The fraction of sp³-hybridized carbons (Fsp3) is 0.455. The van der Waals surface area contributed by atoms with Gasteiger partial charge in [0.15, 0.2) is 0 Å². The van der Waals surface area contributed by atoms with Crippen molar-refractivity contribution in [3.63, 3.8) is 0 Å². The van der Waals surface area contributed by atoms with Gasteiger partial charge >= 0.3 is 5.97 Å². The van der Waals surface area contributed by atoms with Crippen LogP contribution in [0, 0.1) is 0 Å². The fourth-order valence-corrected chi connectivity index (χ4v) is 2.65. The minimum Gasteiger partial charge on any atom is -0.478 e. The van der Waals surface area contributed by atoms with Gasteiger partial charge in [-0.2, -0.15) is 0 Å². The number of aromatic nitrogens is 1. The molecule has 4 heteroatoms. The van der Waals surface area contributed by atoms with Crippen LogP contribution >= 0.6 is 0 Å². The summed E-state index contributed by atoms with van der Waals surface area (Å²) in [6, 6.07) is 12.4. The maximum Gasteiger partial charge on any atom is 0.345 e. The molecule has 0 saturated carbocycles. The van der Waals surface area contributed by atoms with Crippen molar-refractivity contribution in [1.82, 2.24) is 4.98 Å². The van der Waals surface area contributed by atoms with Gasteiger partial charge in [0, 0.05) is 12.3 Å². The number of pyridine rings is 1. The normalized spacial score (nSPS) is 10.5. The van der Waals surface area contributed by atoms with Crippen molar-refractivity contribution in [3.8, 4) is 11.6 Å². The van der Waals surface area contributed by atoms with E-state index in [4.69, 9.17) is 9.47 Å². The number of rotatable bonds is 12. The summed E-state index contributed by atoms with van der Waals surface area (Å²) >= 11 is 0. The number of ether oxygens (including phenoxy) is 2. The number of esters is 1. The van der Waals surface area contributed by atoms with Crippen LogP contribution in [0.5, 0.6) is 11.6 Å². The maximum absolute atomic E-state index is 12.0. The quantitative estimate of drug-likeness (QED) is 0.273. The second kappa shape index (κ2) is 12.1. The molecule has 0 spiro atoms. The van der Waals surface area contributed by atoms with Crippen LogP contribution in [0.2, 0.25) is 0 Å². The Bertz CT molecular complexity index is 626. The highest BCUT2D eigenvalue weighted by atomic mass is 16.5. The molecule has 0 N–H and O–H groups in total. The number of hydrogen-bond donors (Lipinski definition) is 0. The van der Waals surface area contributed by atoms with E-state index in [1.807, 2.05) is 18.2 Å². The van der Waals surface area contributed by atoms with Gasteiger partial charge in [-0.05, 0) is 24.6 Å². The number of carbonyl (C=O) groups excluding carboxylic acids is 1. The van der Waals surface area contributed by atoms with E-state index in [-0.39, 0.29) is 0 Å². The van der Waals surface area contributed by atoms with Gasteiger partial charge < -0.3 is 9.47 Å². The van der Waals surface area contributed by atoms with Crippen molar-refractivity contribution in [1.29, 1.82) is 0 Å². The predicted octanol–water partition coefficient (Wildman–Crippen LogP) is 5.82. The standard InChI is InChI=1S/C22H29NO3/c1-2-3-4-5-6-7-8-12-17-25-21-16-15-19(18-23-21)22(24)26-20-13-10-9-11-14-20/h9-11,13-16,18H,2-8,12,17H2,1H3. The number of unbranched alkanes of at least 4 members (excludes halogenated alkanes) is 7. The monoisotopic (exact) mass is 355 g/mol. The predicted molar refractivity (Wildman–Crippen MR) is 104 cm³/mol. The Labute approximate surface area is 156 Å². The Morgan fingerprint density at radius 3 is 2.23 bits per heavy atom. The van der Waals surface area contributed by atoms with Gasteiger partial charge in [-0.25, -0.2) is 9.78 Å². The third-order valence-corrected chi connectivity index (χ3v) is 4.17. The second-order valence-electron chi connectivity index (χ2n) is 6.41. The summed E-state index contributed by atoms with van der Waals surface area (Å²) in [6.45, 7) is 2.90. The molecule has 140 valence electrons. The van der Waals surface area contributed by atoms with E-state index in [0.29, 0.717) is 23.8 Å². The molecule has 1 aromatic carbocycles. The molecule has 0 aliphatic carbocycles. The van der Waals surface area contributed by atoms with E-state index >= 15 is 0 Å². The number of nitrogens with zero attached hydrogens (tertiary/aromatic N) is 1. The third-order valence-electron chi connectivity index (χ3n) is 4.17. The zero-order chi connectivity index (χ0) is 18.5. The van der Waals surface area contributed by atoms with Crippen LogP contribution in [0.1, 0.15) is 68.6 Å². The van der Waals surface area contributed by atoms with Crippen LogP contribution in [-0.4, -0.2) is 17.6 Å². The van der Waals surface area contributed by atoms with Crippen LogP contribution in [0.25, 0.3) is 0 Å². The molecule has 0 fully saturated rings. The minimum absolute atomic E-state index is 0.410. The first-order chi connectivity index (χ1) is 12.8. The van der Waals surface area contributed by atoms with E-state index < -0.39 is 5.97 Å². The maximum atomic E-state index is 12.0. The van der Waals surface area contributed by atoms with Gasteiger partial charge in [-0.15, -0.1) is 0 Å². The van der Waals surface area contributed by atoms with Crippen molar-refractivity contribution >= 4 is 5.97 Å². The summed E-state index contributed by atoms with van der Waals surface area (Å²) < 4.78 is 10.9. The van der Waals surface area contributed by atoms with E-state index in [0.717, 1.165) is 6.42 Å². The molecule has 0 atom stereocenters. The van der Waals surface area contributed by atoms with Gasteiger partial charge in [0.2, 0.25) is 5.88 Å². The van der Waals surface area contributed by atoms with Crippen LogP contribution in [0.3, 0.4) is 0 Å². The van der Waals surface area contributed by atoms with Crippen LogP contribution < -0.4 is 9.47 Å². The average Bonchev–Trinajstić information content (AvgIpc) is 2.68. The molecule has 0 aliphatic rings. The Morgan fingerprint density at radius 2 is 1.58 bits per heavy atom. The summed E-state index contributed by atoms with van der Waals surface area (Å²) in [4.78, 5) is 16.2. The molecule has 0 bridgehead atoms. The average molecular weight is 355 g/mol. The molecule has 2 rings (SSSR count). The Kier molecular flexibility index (Phi) is 9.26. The van der Waals surface area contributed by atoms with Crippen molar-refractivity contribution in [3.05, 3.63) is 54.2 Å². The highest BCUT2D eigenvalue weighted by Crippen LogP contribution is 2.14. The van der Waals surface area contributed by atoms with Crippen LogP contribution in [0.4, 0.5) is 0 Å². The molecular weight excluding hydrogens is 326 g/mol. The highest BCUT2D eigenvalue weighted by molar-refractivity contribution is 5.90. The van der Waals surface area contributed by atoms with Gasteiger partial charge in [0.25, 0.3) is 0 Å². The Morgan fingerprint density at radius 1 is 0.885 bits per heavy atom. The number of hydrogen-bond acceptors (Lipinski definition) is 4. The zero-order valence-corrected chi connectivity index (χ0v) is 15.7. The first-order valence-electron chi connectivity index (χ1n) is 9.65. The lowest BCUT2D eigenvalue weighted by atomic mass is 10.1. The Hall–Kier alpha value is -2.36. The fourth-order valence-electron chi connectivity index (χ4n) is 2.65. The molecule has 0 saturated heterocycles. The zero-order valence-electron chi connectivity index (χ0n) is 15.7. The lowest BCUT2D eigenvalue weighted by Gasteiger charge is -2.07. The third kappa shape index (κ3) is 7.68. The van der Waals surface area contributed by atoms with Crippen LogP contribution in [0.15, 0.2) is 48.7 Å². The summed E-state index contributed by atoms with van der Waals surface area (Å²) in [5, 5.41) is 0. The van der Waals surface area contributed by atoms with Crippen molar-refractivity contribution in [2.75, 3.05) is 6.61 Å². The second-order valence-corrected chi connectivity index (χ2v) is 6.41. The van der Waals surface area contributed by atoms with Gasteiger partial charge in [-0.3, -0.25) is 0 Å². The van der Waals surface area contributed by atoms with E-state index in [2.05, 4.69) is 11.9 Å². The van der Waals surface area contributed by atoms with Crippen molar-refractivity contribution < 1.29 is 14.3 Å². The summed E-state index contributed by atoms with van der Waals surface area (Å²) in [6.07, 6.45) is 11.6. The van der Waals surface area contributed by atoms with Gasteiger partial charge in [-0.1, -0.05) is 70.1 Å². The summed E-state index contributed by atoms with van der Waals surface area (Å²) in [5.41, 5.74) is 0.410. The molecule has 2 aromatic rings. The first kappa shape index (κ1) is 20.0. The van der Waals surface area contributed by atoms with E-state index in [9.17, 15) is 4.79 Å². The van der Waals surface area contributed by atoms with Gasteiger partial charge in [0.05, 0.1) is 12.2 Å². The molecule has 0 aliphatic heterocycles. The van der Waals surface area contributed by atoms with E-state index in [1.54, 1.807) is 24.3 Å². The summed E-state index contributed by atoms with van der Waals surface area (Å²) in [7, 11) is 0. The topological polar surface area (TPSA) is 48.4 Å². The van der Waals surface area contributed by atoms with Crippen LogP contribution in [-0.2, 0) is 0 Å². The molecular formula is C22H29NO3. The molecule has 0 amide bonds. The largest absolute Gasteiger partial charge is 0.478 e. The molecule has 1 aromatic heterocycles. The number of para-hydroxylation sites is 1. The molecule has 4 nitrogen and oxygen atoms in total. The van der Waals surface area contributed by atoms with Crippen molar-refractivity contribution in [2.45, 2.75) is 58.3 Å². The SMILES string of the molecule is CCCCCCCCCCOc1ccc(C(=O)Oc2ccccc2)cn1. The lowest BCUT2D eigenvalue weighted by molar-refractivity contribution is 0.0734. The van der Waals surface area contributed by atoms with E-state index in [1.165, 1.54) is 51.1 Å². The summed E-state index contributed by atoms with van der Waals surface area (Å²) in [5.74, 6) is 0.648. The minimum atomic E-state index is -0.418. The van der Waals surface area contributed by atoms with Gasteiger partial charge in [0.1, 0.15) is 5.75 Å². The molecule has 1 heterocycles. The lowest BCUT2D eigenvalue weighted by Crippen LogP contribution is -2.09. The highest BCUT2D eigenvalue weighted by Gasteiger charge is 2.09. The molecule has 26 heavy (non-hydrogen) atoms. The number of benzene rings is 1. The number of carbonyl (C=O) groups is 1. The van der Waals surface area contributed by atoms with Crippen molar-refractivity contribution in [2.24, 2.45) is 0 Å². The Balaban J connectivity index is 1.62. The first-order valence-corrected chi connectivity index (χ1v) is 9.65. The smallest absolute Gasteiger partial charge is 0.345 e. The molecule has 0 radical (unpaired) electrons.